The highest BCUT2D eigenvalue weighted by Gasteiger charge is 2.21. The van der Waals surface area contributed by atoms with Gasteiger partial charge in [-0.2, -0.15) is 0 Å². The molecule has 1 heterocycles. The molecule has 0 saturated heterocycles. The van der Waals surface area contributed by atoms with Crippen LogP contribution in [0.25, 0.3) is 10.9 Å². The van der Waals surface area contributed by atoms with E-state index >= 15 is 0 Å². The predicted molar refractivity (Wildman–Crippen MR) is 77.3 cm³/mol. The molecular weight excluding hydrogens is 279 g/mol. The van der Waals surface area contributed by atoms with Crippen LogP contribution in [-0.2, 0) is 16.6 Å². The second kappa shape index (κ2) is 5.54. The number of nitrogens with zero attached hydrogens (tertiary/aromatic N) is 1. The fraction of sp³-hybridized carbons (Fsp3) is 0.429. The van der Waals surface area contributed by atoms with Crippen molar-refractivity contribution in [1.82, 2.24) is 4.57 Å². The number of fused-ring (bicyclic) bond motifs is 1. The SMILES string of the molecule is CCC(CC)Cn1cc(S(N)(=O)=O)c2c(F)cccc21. The van der Waals surface area contributed by atoms with Gasteiger partial charge < -0.3 is 4.57 Å². The highest BCUT2D eigenvalue weighted by molar-refractivity contribution is 7.89. The van der Waals surface area contributed by atoms with E-state index in [-0.39, 0.29) is 10.3 Å². The first-order chi connectivity index (χ1) is 9.38. The van der Waals surface area contributed by atoms with Crippen molar-refractivity contribution in [3.8, 4) is 0 Å². The number of nitrogens with two attached hydrogens (primary N) is 1. The molecule has 0 aliphatic rings. The smallest absolute Gasteiger partial charge is 0.240 e. The molecule has 0 spiro atoms. The van der Waals surface area contributed by atoms with Crippen LogP contribution >= 0.6 is 0 Å². The Kier molecular flexibility index (Phi) is 4.15. The van der Waals surface area contributed by atoms with Gasteiger partial charge in [-0.1, -0.05) is 32.8 Å². The zero-order chi connectivity index (χ0) is 14.9. The Morgan fingerprint density at radius 2 is 1.95 bits per heavy atom. The zero-order valence-corrected chi connectivity index (χ0v) is 12.5. The number of hydrogen-bond donors (Lipinski definition) is 1. The van der Waals surface area contributed by atoms with E-state index in [0.29, 0.717) is 18.0 Å². The van der Waals surface area contributed by atoms with Crippen LogP contribution in [0.3, 0.4) is 0 Å². The van der Waals surface area contributed by atoms with E-state index in [2.05, 4.69) is 13.8 Å². The van der Waals surface area contributed by atoms with E-state index in [1.807, 2.05) is 0 Å². The Morgan fingerprint density at radius 1 is 1.30 bits per heavy atom. The van der Waals surface area contributed by atoms with Crippen molar-refractivity contribution in [1.29, 1.82) is 0 Å². The van der Waals surface area contributed by atoms with Gasteiger partial charge in [-0.05, 0) is 18.1 Å². The second-order valence-corrected chi connectivity index (χ2v) is 6.54. The average molecular weight is 298 g/mol. The molecule has 0 amide bonds. The quantitative estimate of drug-likeness (QED) is 0.922. The molecule has 0 aliphatic heterocycles. The minimum absolute atomic E-state index is 0.0842. The molecule has 1 aromatic carbocycles. The number of rotatable bonds is 5. The largest absolute Gasteiger partial charge is 0.346 e. The van der Waals surface area contributed by atoms with Crippen molar-refractivity contribution in [2.45, 2.75) is 38.1 Å². The first-order valence-electron chi connectivity index (χ1n) is 6.68. The molecule has 20 heavy (non-hydrogen) atoms. The van der Waals surface area contributed by atoms with Crippen LogP contribution in [0.1, 0.15) is 26.7 Å². The van der Waals surface area contributed by atoms with Crippen LogP contribution in [0, 0.1) is 11.7 Å². The summed E-state index contributed by atoms with van der Waals surface area (Å²) >= 11 is 0. The van der Waals surface area contributed by atoms with Gasteiger partial charge in [-0.25, -0.2) is 17.9 Å². The third-order valence-corrected chi connectivity index (χ3v) is 4.66. The summed E-state index contributed by atoms with van der Waals surface area (Å²) in [5.41, 5.74) is 0.570. The van der Waals surface area contributed by atoms with E-state index in [4.69, 9.17) is 5.14 Å². The Hall–Kier alpha value is -1.40. The van der Waals surface area contributed by atoms with Gasteiger partial charge in [-0.3, -0.25) is 0 Å². The number of primary sulfonamides is 1. The van der Waals surface area contributed by atoms with Crippen LogP contribution in [0.5, 0.6) is 0 Å². The lowest BCUT2D eigenvalue weighted by molar-refractivity contribution is 0.424. The lowest BCUT2D eigenvalue weighted by Crippen LogP contribution is -2.12. The van der Waals surface area contributed by atoms with Gasteiger partial charge in [0, 0.05) is 12.7 Å². The average Bonchev–Trinajstić information content (AvgIpc) is 2.76. The molecule has 2 rings (SSSR count). The van der Waals surface area contributed by atoms with Crippen molar-refractivity contribution in [2.24, 2.45) is 11.1 Å². The predicted octanol–water partition coefficient (Wildman–Crippen LogP) is 2.86. The molecule has 110 valence electrons. The number of aromatic nitrogens is 1. The van der Waals surface area contributed by atoms with Gasteiger partial charge in [-0.15, -0.1) is 0 Å². The number of sulfonamides is 1. The summed E-state index contributed by atoms with van der Waals surface area (Å²) in [6.07, 6.45) is 3.41. The summed E-state index contributed by atoms with van der Waals surface area (Å²) in [5, 5.41) is 5.28. The summed E-state index contributed by atoms with van der Waals surface area (Å²) in [5.74, 6) is -0.142. The molecule has 0 bridgehead atoms. The van der Waals surface area contributed by atoms with Crippen molar-refractivity contribution in [3.05, 3.63) is 30.2 Å². The van der Waals surface area contributed by atoms with E-state index < -0.39 is 15.8 Å². The fourth-order valence-corrected chi connectivity index (χ4v) is 3.22. The minimum Gasteiger partial charge on any atom is -0.346 e. The topological polar surface area (TPSA) is 65.1 Å². The molecule has 0 aliphatic carbocycles. The van der Waals surface area contributed by atoms with Crippen molar-refractivity contribution >= 4 is 20.9 Å². The van der Waals surface area contributed by atoms with E-state index in [1.165, 1.54) is 12.3 Å². The Balaban J connectivity index is 2.66. The van der Waals surface area contributed by atoms with Crippen molar-refractivity contribution < 1.29 is 12.8 Å². The van der Waals surface area contributed by atoms with Crippen LogP contribution in [0.4, 0.5) is 4.39 Å². The molecule has 0 radical (unpaired) electrons. The highest BCUT2D eigenvalue weighted by atomic mass is 32.2. The molecule has 0 unspecified atom stereocenters. The third kappa shape index (κ3) is 2.71. The second-order valence-electron chi connectivity index (χ2n) is 5.01. The zero-order valence-electron chi connectivity index (χ0n) is 11.6. The van der Waals surface area contributed by atoms with Gasteiger partial charge in [0.1, 0.15) is 10.7 Å². The summed E-state index contributed by atoms with van der Waals surface area (Å²) in [7, 11) is -3.94. The molecular formula is C14H19FN2O2S. The Morgan fingerprint density at radius 3 is 2.50 bits per heavy atom. The third-order valence-electron chi connectivity index (χ3n) is 3.74. The summed E-state index contributed by atoms with van der Waals surface area (Å²) < 4.78 is 39.0. The maximum absolute atomic E-state index is 14.0. The molecule has 0 saturated carbocycles. The molecule has 6 heteroatoms. The van der Waals surface area contributed by atoms with Crippen LogP contribution in [0.2, 0.25) is 0 Å². The van der Waals surface area contributed by atoms with Gasteiger partial charge in [0.15, 0.2) is 0 Å². The lowest BCUT2D eigenvalue weighted by atomic mass is 10.0. The molecule has 4 nitrogen and oxygen atoms in total. The number of hydrogen-bond acceptors (Lipinski definition) is 2. The highest BCUT2D eigenvalue weighted by Crippen LogP contribution is 2.28. The maximum atomic E-state index is 14.0. The Bertz CT molecular complexity index is 718. The molecule has 1 aromatic heterocycles. The van der Waals surface area contributed by atoms with Gasteiger partial charge in [0.05, 0.1) is 10.9 Å². The van der Waals surface area contributed by atoms with Crippen LogP contribution < -0.4 is 5.14 Å². The monoisotopic (exact) mass is 298 g/mol. The van der Waals surface area contributed by atoms with E-state index in [9.17, 15) is 12.8 Å². The number of halogens is 1. The number of benzene rings is 1. The van der Waals surface area contributed by atoms with Crippen molar-refractivity contribution in [3.63, 3.8) is 0 Å². The van der Waals surface area contributed by atoms with Crippen LogP contribution in [-0.4, -0.2) is 13.0 Å². The fourth-order valence-electron chi connectivity index (χ4n) is 2.46. The first kappa shape index (κ1) is 15.0. The maximum Gasteiger partial charge on any atom is 0.240 e. The van der Waals surface area contributed by atoms with Crippen molar-refractivity contribution in [2.75, 3.05) is 0 Å². The molecule has 0 atom stereocenters. The van der Waals surface area contributed by atoms with E-state index in [1.54, 1.807) is 16.7 Å². The summed E-state index contributed by atoms with van der Waals surface area (Å²) in [6, 6.07) is 4.54. The van der Waals surface area contributed by atoms with Crippen LogP contribution in [0.15, 0.2) is 29.3 Å². The molecule has 0 fully saturated rings. The van der Waals surface area contributed by atoms with Gasteiger partial charge in [0.2, 0.25) is 10.0 Å². The summed E-state index contributed by atoms with van der Waals surface area (Å²) in [6.45, 7) is 4.82. The van der Waals surface area contributed by atoms with E-state index in [0.717, 1.165) is 12.8 Å². The first-order valence-corrected chi connectivity index (χ1v) is 8.23. The minimum atomic E-state index is -3.94. The van der Waals surface area contributed by atoms with Gasteiger partial charge >= 0.3 is 0 Å². The molecule has 2 N–H and O–H groups in total. The normalized spacial score (nSPS) is 12.4. The standard InChI is InChI=1S/C14H19FN2O2S/c1-3-10(4-2)8-17-9-13(20(16,18)19)14-11(15)6-5-7-12(14)17/h5-7,9-10H,3-4,8H2,1-2H3,(H2,16,18,19). The molecule has 2 aromatic rings. The summed E-state index contributed by atoms with van der Waals surface area (Å²) in [4.78, 5) is -0.142. The Labute approximate surface area is 118 Å². The lowest BCUT2D eigenvalue weighted by Gasteiger charge is -2.14. The van der Waals surface area contributed by atoms with Gasteiger partial charge in [0.25, 0.3) is 0 Å².